The predicted octanol–water partition coefficient (Wildman–Crippen LogP) is 4.34. The molecule has 4 nitrogen and oxygen atoms in total. The monoisotopic (exact) mass is 367 g/mol. The van der Waals surface area contributed by atoms with Gasteiger partial charge in [-0.15, -0.1) is 0 Å². The molecular formula is C18H19Cl2NO3. The summed E-state index contributed by atoms with van der Waals surface area (Å²) in [7, 11) is 2.00. The summed E-state index contributed by atoms with van der Waals surface area (Å²) in [6.07, 6.45) is 3.48. The number of allylic oxidation sites excluding steroid dienone is 2. The number of aliphatic hydroxyl groups is 1. The van der Waals surface area contributed by atoms with Gasteiger partial charge in [-0.3, -0.25) is 14.5 Å². The van der Waals surface area contributed by atoms with Gasteiger partial charge in [0, 0.05) is 41.6 Å². The number of rotatable bonds is 5. The Balaban J connectivity index is 1.96. The van der Waals surface area contributed by atoms with Crippen molar-refractivity contribution >= 4 is 34.8 Å². The highest BCUT2D eigenvalue weighted by Crippen LogP contribution is 2.35. The van der Waals surface area contributed by atoms with Crippen molar-refractivity contribution in [3.05, 3.63) is 44.6 Å². The van der Waals surface area contributed by atoms with E-state index in [-0.39, 0.29) is 34.1 Å². The Morgan fingerprint density at radius 3 is 2.62 bits per heavy atom. The Morgan fingerprint density at radius 2 is 2.00 bits per heavy atom. The molecule has 0 amide bonds. The van der Waals surface area contributed by atoms with Gasteiger partial charge in [0.25, 0.3) is 0 Å². The van der Waals surface area contributed by atoms with Gasteiger partial charge in [-0.2, -0.15) is 0 Å². The van der Waals surface area contributed by atoms with Crippen LogP contribution in [0.4, 0.5) is 0 Å². The first kappa shape index (κ1) is 17.5. The van der Waals surface area contributed by atoms with Crippen molar-refractivity contribution in [1.29, 1.82) is 0 Å². The molecule has 0 radical (unpaired) electrons. The minimum atomic E-state index is -0.519. The van der Waals surface area contributed by atoms with E-state index in [4.69, 9.17) is 23.2 Å². The summed E-state index contributed by atoms with van der Waals surface area (Å²) < 4.78 is 0. The minimum absolute atomic E-state index is 0.132. The Bertz CT molecular complexity index is 738. The summed E-state index contributed by atoms with van der Waals surface area (Å²) in [5, 5.41) is 10.7. The molecule has 3 rings (SSSR count). The van der Waals surface area contributed by atoms with Crippen molar-refractivity contribution in [2.75, 3.05) is 7.05 Å². The Hall–Kier alpha value is -1.36. The van der Waals surface area contributed by atoms with E-state index < -0.39 is 5.78 Å². The summed E-state index contributed by atoms with van der Waals surface area (Å²) in [6.45, 7) is 0.544. The Morgan fingerprint density at radius 1 is 1.29 bits per heavy atom. The van der Waals surface area contributed by atoms with E-state index in [9.17, 15) is 14.7 Å². The standard InChI is InChI=1S/C18H19Cl2NO3/c1-21(10-5-6-10)9-12-13(19)8-7-11(17(12)20)18(24)16-14(22)3-2-4-15(16)23/h7-8,10,22H,2-6,9H2,1H3. The van der Waals surface area contributed by atoms with Gasteiger partial charge in [-0.25, -0.2) is 0 Å². The van der Waals surface area contributed by atoms with Crippen LogP contribution in [0.3, 0.4) is 0 Å². The zero-order chi connectivity index (χ0) is 17.4. The first-order valence-corrected chi connectivity index (χ1v) is 8.83. The van der Waals surface area contributed by atoms with Crippen LogP contribution in [0.1, 0.15) is 48.0 Å². The molecule has 2 aliphatic rings. The lowest BCUT2D eigenvalue weighted by Crippen LogP contribution is -2.22. The SMILES string of the molecule is CN(Cc1c(Cl)ccc(C(=O)C2=C(O)CCCC2=O)c1Cl)C1CC1. The second kappa shape index (κ2) is 6.87. The van der Waals surface area contributed by atoms with E-state index >= 15 is 0 Å². The molecule has 128 valence electrons. The third kappa shape index (κ3) is 3.37. The van der Waals surface area contributed by atoms with Crippen molar-refractivity contribution in [2.24, 2.45) is 0 Å². The number of ketones is 2. The lowest BCUT2D eigenvalue weighted by Gasteiger charge is -2.20. The van der Waals surface area contributed by atoms with Crippen LogP contribution in [-0.2, 0) is 11.3 Å². The van der Waals surface area contributed by atoms with Gasteiger partial charge < -0.3 is 5.11 Å². The normalized spacial score (nSPS) is 18.4. The van der Waals surface area contributed by atoms with Crippen LogP contribution < -0.4 is 0 Å². The van der Waals surface area contributed by atoms with E-state index in [2.05, 4.69) is 4.90 Å². The minimum Gasteiger partial charge on any atom is -0.511 e. The highest BCUT2D eigenvalue weighted by Gasteiger charge is 2.31. The van der Waals surface area contributed by atoms with Gasteiger partial charge in [-0.1, -0.05) is 23.2 Å². The molecule has 6 heteroatoms. The molecule has 1 fully saturated rings. The van der Waals surface area contributed by atoms with Crippen LogP contribution in [0.15, 0.2) is 23.5 Å². The van der Waals surface area contributed by atoms with E-state index in [1.54, 1.807) is 6.07 Å². The van der Waals surface area contributed by atoms with Crippen LogP contribution >= 0.6 is 23.2 Å². The average molecular weight is 368 g/mol. The molecule has 0 spiro atoms. The number of carbonyl (C=O) groups is 2. The number of nitrogens with zero attached hydrogens (tertiary/aromatic N) is 1. The molecule has 2 aliphatic carbocycles. The number of hydrogen-bond donors (Lipinski definition) is 1. The van der Waals surface area contributed by atoms with Crippen molar-refractivity contribution < 1.29 is 14.7 Å². The van der Waals surface area contributed by atoms with Gasteiger partial charge in [0.2, 0.25) is 5.78 Å². The third-order valence-electron chi connectivity index (χ3n) is 4.62. The van der Waals surface area contributed by atoms with Crippen molar-refractivity contribution in [3.63, 3.8) is 0 Å². The number of hydrogen-bond acceptors (Lipinski definition) is 4. The molecule has 24 heavy (non-hydrogen) atoms. The lowest BCUT2D eigenvalue weighted by molar-refractivity contribution is -0.116. The first-order valence-electron chi connectivity index (χ1n) is 8.07. The number of aliphatic hydroxyl groups excluding tert-OH is 1. The largest absolute Gasteiger partial charge is 0.511 e. The van der Waals surface area contributed by atoms with Crippen molar-refractivity contribution in [1.82, 2.24) is 4.90 Å². The number of carbonyl (C=O) groups excluding carboxylic acids is 2. The maximum Gasteiger partial charge on any atom is 0.201 e. The summed E-state index contributed by atoms with van der Waals surface area (Å²) >= 11 is 12.7. The van der Waals surface area contributed by atoms with Crippen LogP contribution in [0.5, 0.6) is 0 Å². The second-order valence-corrected chi connectivity index (χ2v) is 7.25. The third-order valence-corrected chi connectivity index (χ3v) is 5.41. The van der Waals surface area contributed by atoms with Crippen LogP contribution in [-0.4, -0.2) is 34.7 Å². The van der Waals surface area contributed by atoms with Crippen molar-refractivity contribution in [3.8, 4) is 0 Å². The molecule has 0 saturated heterocycles. The zero-order valence-electron chi connectivity index (χ0n) is 13.4. The number of halogens is 2. The second-order valence-electron chi connectivity index (χ2n) is 6.46. The molecular weight excluding hydrogens is 349 g/mol. The van der Waals surface area contributed by atoms with E-state index in [1.807, 2.05) is 7.05 Å². The zero-order valence-corrected chi connectivity index (χ0v) is 15.0. The summed E-state index contributed by atoms with van der Waals surface area (Å²) in [4.78, 5) is 27.0. The van der Waals surface area contributed by atoms with E-state index in [0.717, 1.165) is 12.8 Å². The first-order chi connectivity index (χ1) is 11.4. The summed E-state index contributed by atoms with van der Waals surface area (Å²) in [5.74, 6) is -0.987. The van der Waals surface area contributed by atoms with Gasteiger partial charge >= 0.3 is 0 Å². The van der Waals surface area contributed by atoms with Crippen LogP contribution in [0.2, 0.25) is 10.0 Å². The van der Waals surface area contributed by atoms with Gasteiger partial charge in [0.05, 0.1) is 5.02 Å². The average Bonchev–Trinajstić information content (AvgIpc) is 3.35. The molecule has 0 aliphatic heterocycles. The molecule has 1 N–H and O–H groups in total. The lowest BCUT2D eigenvalue weighted by atomic mass is 9.90. The molecule has 1 aromatic rings. The van der Waals surface area contributed by atoms with E-state index in [1.165, 1.54) is 6.07 Å². The molecule has 0 heterocycles. The fourth-order valence-corrected chi connectivity index (χ4v) is 3.61. The smallest absolute Gasteiger partial charge is 0.201 e. The molecule has 1 aromatic carbocycles. The maximum absolute atomic E-state index is 12.8. The molecule has 0 aromatic heterocycles. The van der Waals surface area contributed by atoms with E-state index in [0.29, 0.717) is 36.0 Å². The number of Topliss-reactive ketones (excluding diaryl/α,β-unsaturated/α-hetero) is 2. The molecule has 0 bridgehead atoms. The topological polar surface area (TPSA) is 57.6 Å². The molecule has 1 saturated carbocycles. The fourth-order valence-electron chi connectivity index (χ4n) is 3.03. The molecule has 0 atom stereocenters. The Kier molecular flexibility index (Phi) is 5.00. The molecule has 0 unspecified atom stereocenters. The van der Waals surface area contributed by atoms with Gasteiger partial charge in [0.15, 0.2) is 5.78 Å². The maximum atomic E-state index is 12.8. The quantitative estimate of drug-likeness (QED) is 0.621. The van der Waals surface area contributed by atoms with Crippen molar-refractivity contribution in [2.45, 2.75) is 44.7 Å². The Labute approximate surface area is 151 Å². The van der Waals surface area contributed by atoms with Gasteiger partial charge in [-0.05, 0) is 38.4 Å². The van der Waals surface area contributed by atoms with Crippen LogP contribution in [0, 0.1) is 0 Å². The predicted molar refractivity (Wildman–Crippen MR) is 93.8 cm³/mol. The van der Waals surface area contributed by atoms with Gasteiger partial charge in [0.1, 0.15) is 11.3 Å². The summed E-state index contributed by atoms with van der Waals surface area (Å²) in [6, 6.07) is 3.68. The number of benzene rings is 1. The highest BCUT2D eigenvalue weighted by atomic mass is 35.5. The fraction of sp³-hybridized carbons (Fsp3) is 0.444. The highest BCUT2D eigenvalue weighted by molar-refractivity contribution is 6.40. The van der Waals surface area contributed by atoms with Crippen LogP contribution in [0.25, 0.3) is 0 Å². The summed E-state index contributed by atoms with van der Waals surface area (Å²) in [5.41, 5.74) is 0.769.